The standard InChI is InChI=1S/C30H32NS.C15H28O2.Ir/c1-18-8-9-20-15-23-27-26-21(10-11-31-27)13-19(16-29(2,3)4)14-25(26)32-28(23)24(22(20)12-18)17-30(5,6)7;1-6-12(7-2)13(16)11-14(17)15(8-3,9-4)10-5;/h8-14H,16-17H2,1-7H3;11-12,16H,6-10H2,1-5H3;/q-1;;/b;13-11-;/i1D3,10D,11D;;. The molecule has 0 unspecified atom stereocenters. The van der Waals surface area contributed by atoms with E-state index in [-0.39, 0.29) is 66.0 Å². The number of aryl methyl sites for hydroxylation is 1. The van der Waals surface area contributed by atoms with E-state index in [1.807, 2.05) is 40.7 Å². The molecule has 3 nitrogen and oxygen atoms in total. The second-order valence-corrected chi connectivity index (χ2v) is 17.2. The molecule has 1 radical (unpaired) electrons. The van der Waals surface area contributed by atoms with Crippen LogP contribution < -0.4 is 0 Å². The molecule has 50 heavy (non-hydrogen) atoms. The van der Waals surface area contributed by atoms with Gasteiger partial charge in [0, 0.05) is 58.4 Å². The molecule has 0 atom stereocenters. The number of aromatic nitrogens is 1. The second kappa shape index (κ2) is 16.9. The van der Waals surface area contributed by atoms with Gasteiger partial charge in [-0.2, -0.15) is 0 Å². The first-order valence-corrected chi connectivity index (χ1v) is 18.9. The Bertz CT molecular complexity index is 2040. The monoisotopic (exact) mass is 876 g/mol. The number of fused-ring (bicyclic) bond motifs is 3. The molecule has 3 aromatic carbocycles. The summed E-state index contributed by atoms with van der Waals surface area (Å²) in [5.41, 5.74) is 3.85. The Morgan fingerprint density at radius 1 is 0.980 bits per heavy atom. The van der Waals surface area contributed by atoms with Crippen LogP contribution in [-0.4, -0.2) is 15.9 Å². The van der Waals surface area contributed by atoms with Crippen molar-refractivity contribution in [2.24, 2.45) is 22.2 Å². The predicted molar refractivity (Wildman–Crippen MR) is 212 cm³/mol. The van der Waals surface area contributed by atoms with Gasteiger partial charge >= 0.3 is 0 Å². The van der Waals surface area contributed by atoms with Gasteiger partial charge < -0.3 is 5.11 Å². The van der Waals surface area contributed by atoms with Gasteiger partial charge in [0.15, 0.2) is 5.78 Å². The number of rotatable bonds is 10. The molecule has 2 heterocycles. The van der Waals surface area contributed by atoms with Gasteiger partial charge in [-0.1, -0.05) is 116 Å². The SMILES string of the molecule is CCC(CC)/C(O)=C/C(=O)C(CC)(CC)CC.[2H]c1nc2c3c(cc(CC(C)(C)C)cc3c1[2H])Sc1c-2[c-]c2ccc(C([2H])([2H])[2H])cc2c1CC(C)(C)C.[Ir]. The Kier molecular flexibility index (Phi) is 11.7. The molecule has 0 aliphatic carbocycles. The van der Waals surface area contributed by atoms with E-state index < -0.39 is 6.85 Å². The normalized spacial score (nSPS) is 14.9. The van der Waals surface area contributed by atoms with Crippen LogP contribution in [0.5, 0.6) is 0 Å². The maximum Gasteiger partial charge on any atom is 0.165 e. The van der Waals surface area contributed by atoms with Gasteiger partial charge in [-0.05, 0) is 96.0 Å². The molecule has 0 saturated heterocycles. The topological polar surface area (TPSA) is 50.2 Å². The van der Waals surface area contributed by atoms with E-state index in [9.17, 15) is 9.90 Å². The molecular weight excluding hydrogens is 811 g/mol. The van der Waals surface area contributed by atoms with Crippen molar-refractivity contribution in [3.05, 3.63) is 77.1 Å². The van der Waals surface area contributed by atoms with E-state index in [1.54, 1.807) is 23.9 Å². The molecule has 5 heteroatoms. The number of carbonyl (C=O) groups excluding carboxylic acids is 1. The second-order valence-electron chi connectivity index (χ2n) is 16.1. The average Bonchev–Trinajstić information content (AvgIpc) is 3.07. The van der Waals surface area contributed by atoms with Crippen LogP contribution in [0.15, 0.2) is 64.2 Å². The summed E-state index contributed by atoms with van der Waals surface area (Å²) in [7, 11) is 0. The summed E-state index contributed by atoms with van der Waals surface area (Å²) in [6.07, 6.45) is 7.32. The summed E-state index contributed by atoms with van der Waals surface area (Å²) in [6, 6.07) is 13.3. The third-order valence-corrected chi connectivity index (χ3v) is 11.2. The third-order valence-electron chi connectivity index (χ3n) is 9.99. The van der Waals surface area contributed by atoms with Gasteiger partial charge in [0.05, 0.1) is 8.50 Å². The van der Waals surface area contributed by atoms with E-state index in [0.29, 0.717) is 11.3 Å². The number of carbonyl (C=O) groups is 1. The summed E-state index contributed by atoms with van der Waals surface area (Å²) in [5, 5.41) is 13.4. The zero-order chi connectivity index (χ0) is 40.6. The number of aliphatic hydroxyl groups excluding tert-OH is 1. The van der Waals surface area contributed by atoms with Crippen LogP contribution in [0, 0.1) is 35.1 Å². The van der Waals surface area contributed by atoms with E-state index in [0.717, 1.165) is 93.0 Å². The Labute approximate surface area is 327 Å². The first kappa shape index (κ1) is 34.6. The van der Waals surface area contributed by atoms with Crippen molar-refractivity contribution in [2.75, 3.05) is 0 Å². The number of hydrogen-bond donors (Lipinski definition) is 1. The molecule has 0 bridgehead atoms. The van der Waals surface area contributed by atoms with Crippen molar-refractivity contribution >= 4 is 39.1 Å². The molecule has 1 aromatic heterocycles. The molecule has 0 fully saturated rings. The number of hydrogen-bond acceptors (Lipinski definition) is 4. The van der Waals surface area contributed by atoms with E-state index in [4.69, 9.17) is 6.85 Å². The number of nitrogens with zero attached hydrogens (tertiary/aromatic N) is 1. The van der Waals surface area contributed by atoms with Crippen LogP contribution >= 0.6 is 11.8 Å². The number of aliphatic hydroxyl groups is 1. The molecule has 5 rings (SSSR count). The van der Waals surface area contributed by atoms with Gasteiger partial charge in [-0.15, -0.1) is 29.3 Å². The number of allylic oxidation sites excluding steroid dienone is 2. The fourth-order valence-electron chi connectivity index (χ4n) is 7.04. The minimum absolute atomic E-state index is 0. The Balaban J connectivity index is 0.000000385. The van der Waals surface area contributed by atoms with Gasteiger partial charge in [0.1, 0.15) is 0 Å². The fourth-order valence-corrected chi connectivity index (χ4v) is 8.33. The fraction of sp³-hybridized carbons (Fsp3) is 0.511. The molecule has 1 aliphatic heterocycles. The smallest absolute Gasteiger partial charge is 0.165 e. The first-order valence-electron chi connectivity index (χ1n) is 20.6. The Morgan fingerprint density at radius 3 is 2.18 bits per heavy atom. The predicted octanol–water partition coefficient (Wildman–Crippen LogP) is 13.5. The maximum atomic E-state index is 12.3. The van der Waals surface area contributed by atoms with E-state index >= 15 is 0 Å². The molecule has 1 aliphatic rings. The minimum Gasteiger partial charge on any atom is -0.512 e. The van der Waals surface area contributed by atoms with Crippen molar-refractivity contribution < 1.29 is 36.9 Å². The number of pyridine rings is 1. The summed E-state index contributed by atoms with van der Waals surface area (Å²) in [5.74, 6) is 0.483. The third kappa shape index (κ3) is 9.50. The van der Waals surface area contributed by atoms with Gasteiger partial charge in [-0.25, -0.2) is 0 Å². The Hall–Kier alpha value is -2.46. The Morgan fingerprint density at radius 2 is 1.62 bits per heavy atom. The van der Waals surface area contributed by atoms with Crippen LogP contribution in [0.1, 0.15) is 132 Å². The molecular formula is C45H60IrNO2S-. The van der Waals surface area contributed by atoms with Gasteiger partial charge in [0.2, 0.25) is 0 Å². The van der Waals surface area contributed by atoms with Crippen molar-refractivity contribution in [2.45, 2.75) is 138 Å². The van der Waals surface area contributed by atoms with Crippen LogP contribution in [0.2, 0.25) is 0 Å². The molecule has 1 N–H and O–H groups in total. The molecule has 0 amide bonds. The zero-order valence-electron chi connectivity index (χ0n) is 37.0. The van der Waals surface area contributed by atoms with E-state index in [2.05, 4.69) is 64.7 Å². The van der Waals surface area contributed by atoms with Crippen LogP contribution in [-0.2, 0) is 37.7 Å². The summed E-state index contributed by atoms with van der Waals surface area (Å²) >= 11 is 1.67. The van der Waals surface area contributed by atoms with Crippen molar-refractivity contribution in [3.63, 3.8) is 0 Å². The maximum absolute atomic E-state index is 12.3. The van der Waals surface area contributed by atoms with Crippen LogP contribution in [0.4, 0.5) is 0 Å². The molecule has 0 spiro atoms. The largest absolute Gasteiger partial charge is 0.512 e. The average molecular weight is 876 g/mol. The first-order chi connectivity index (χ1) is 25.0. The molecule has 273 valence electrons. The number of benzene rings is 3. The zero-order valence-corrected chi connectivity index (χ0v) is 35.2. The summed E-state index contributed by atoms with van der Waals surface area (Å²) < 4.78 is 41.1. The minimum atomic E-state index is -2.19. The van der Waals surface area contributed by atoms with Crippen LogP contribution in [0.3, 0.4) is 0 Å². The van der Waals surface area contributed by atoms with Crippen LogP contribution in [0.25, 0.3) is 32.8 Å². The quantitative estimate of drug-likeness (QED) is 0.0863. The van der Waals surface area contributed by atoms with Crippen molar-refractivity contribution in [1.29, 1.82) is 0 Å². The number of ketones is 1. The van der Waals surface area contributed by atoms with Crippen molar-refractivity contribution in [3.8, 4) is 11.3 Å². The van der Waals surface area contributed by atoms with Crippen molar-refractivity contribution in [1.82, 2.24) is 4.98 Å². The summed E-state index contributed by atoms with van der Waals surface area (Å²) in [6.45, 7) is 21.2. The summed E-state index contributed by atoms with van der Waals surface area (Å²) in [4.78, 5) is 19.0. The van der Waals surface area contributed by atoms with Gasteiger partial charge in [-0.3, -0.25) is 9.78 Å². The van der Waals surface area contributed by atoms with E-state index in [1.165, 1.54) is 6.08 Å². The molecule has 4 aromatic rings. The van der Waals surface area contributed by atoms with Gasteiger partial charge in [0.25, 0.3) is 0 Å². The molecule has 0 saturated carbocycles.